The van der Waals surface area contributed by atoms with Crippen molar-refractivity contribution in [2.45, 2.75) is 4.90 Å². The molecule has 0 saturated carbocycles. The number of hydrogen-bond acceptors (Lipinski definition) is 5. The third-order valence-corrected chi connectivity index (χ3v) is 4.91. The second kappa shape index (κ2) is 5.78. The molecule has 0 fully saturated rings. The summed E-state index contributed by atoms with van der Waals surface area (Å²) in [4.78, 5) is 11.1. The standard InChI is InChI=1S/C12H9F2NO4S2/c1-19-12(16)11-10(4-5-20-11)21(17,18)15-7-2-3-8(13)9(14)6-7/h2-6,15H,1H3. The lowest BCUT2D eigenvalue weighted by Crippen LogP contribution is -2.16. The number of ether oxygens (including phenoxy) is 1. The molecule has 5 nitrogen and oxygen atoms in total. The average Bonchev–Trinajstić information content (AvgIpc) is 2.92. The molecule has 9 heteroatoms. The molecule has 2 rings (SSSR count). The molecule has 0 amide bonds. The molecule has 112 valence electrons. The summed E-state index contributed by atoms with van der Waals surface area (Å²) in [6, 6.07) is 3.79. The number of carbonyl (C=O) groups is 1. The largest absolute Gasteiger partial charge is 0.465 e. The van der Waals surface area contributed by atoms with Crippen LogP contribution in [-0.4, -0.2) is 21.5 Å². The van der Waals surface area contributed by atoms with Gasteiger partial charge in [-0.3, -0.25) is 4.72 Å². The topological polar surface area (TPSA) is 72.5 Å². The third-order valence-electron chi connectivity index (χ3n) is 2.46. The van der Waals surface area contributed by atoms with Crippen molar-refractivity contribution < 1.29 is 26.7 Å². The van der Waals surface area contributed by atoms with E-state index in [0.29, 0.717) is 6.07 Å². The van der Waals surface area contributed by atoms with Crippen LogP contribution in [0.1, 0.15) is 9.67 Å². The van der Waals surface area contributed by atoms with Crippen molar-refractivity contribution in [3.8, 4) is 0 Å². The molecule has 0 bridgehead atoms. The highest BCUT2D eigenvalue weighted by Gasteiger charge is 2.25. The molecule has 1 heterocycles. The van der Waals surface area contributed by atoms with Crippen LogP contribution in [0.5, 0.6) is 0 Å². The number of nitrogens with one attached hydrogen (secondary N) is 1. The minimum atomic E-state index is -4.11. The Hall–Kier alpha value is -2.00. The molecular formula is C12H9F2NO4S2. The predicted molar refractivity (Wildman–Crippen MR) is 72.8 cm³/mol. The van der Waals surface area contributed by atoms with Crippen LogP contribution < -0.4 is 4.72 Å². The van der Waals surface area contributed by atoms with Gasteiger partial charge in [-0.25, -0.2) is 22.0 Å². The SMILES string of the molecule is COC(=O)c1sccc1S(=O)(=O)Nc1ccc(F)c(F)c1. The minimum absolute atomic E-state index is 0.104. The van der Waals surface area contributed by atoms with Gasteiger partial charge in [-0.05, 0) is 23.6 Å². The highest BCUT2D eigenvalue weighted by molar-refractivity contribution is 7.93. The van der Waals surface area contributed by atoms with Gasteiger partial charge >= 0.3 is 5.97 Å². The second-order valence-electron chi connectivity index (χ2n) is 3.84. The summed E-state index contributed by atoms with van der Waals surface area (Å²) in [5, 5.41) is 1.41. The highest BCUT2D eigenvalue weighted by atomic mass is 32.2. The first-order valence-electron chi connectivity index (χ1n) is 5.49. The number of methoxy groups -OCH3 is 1. The molecule has 1 aromatic heterocycles. The van der Waals surface area contributed by atoms with Crippen molar-refractivity contribution in [3.05, 3.63) is 46.2 Å². The van der Waals surface area contributed by atoms with E-state index < -0.39 is 27.6 Å². The van der Waals surface area contributed by atoms with Gasteiger partial charge < -0.3 is 4.74 Å². The van der Waals surface area contributed by atoms with Crippen molar-refractivity contribution in [2.24, 2.45) is 0 Å². The lowest BCUT2D eigenvalue weighted by molar-refractivity contribution is 0.0602. The number of halogens is 2. The molecule has 0 radical (unpaired) electrons. The number of benzene rings is 1. The Balaban J connectivity index is 2.37. The monoisotopic (exact) mass is 333 g/mol. The second-order valence-corrected chi connectivity index (χ2v) is 6.41. The summed E-state index contributed by atoms with van der Waals surface area (Å²) >= 11 is 0.897. The molecule has 0 unspecified atom stereocenters. The van der Waals surface area contributed by atoms with Crippen LogP contribution in [0.25, 0.3) is 0 Å². The molecule has 0 spiro atoms. The number of thiophene rings is 1. The Bertz CT molecular complexity index is 786. The molecule has 0 aliphatic carbocycles. The van der Waals surface area contributed by atoms with E-state index in [9.17, 15) is 22.0 Å². The first kappa shape index (κ1) is 15.4. The van der Waals surface area contributed by atoms with Gasteiger partial charge in [0, 0.05) is 6.07 Å². The van der Waals surface area contributed by atoms with E-state index in [0.717, 1.165) is 30.6 Å². The van der Waals surface area contributed by atoms with Crippen molar-refractivity contribution >= 4 is 33.0 Å². The molecule has 0 aliphatic rings. The van der Waals surface area contributed by atoms with Gasteiger partial charge in [0.2, 0.25) is 0 Å². The van der Waals surface area contributed by atoms with E-state index in [1.54, 1.807) is 0 Å². The number of esters is 1. The fraction of sp³-hybridized carbons (Fsp3) is 0.0833. The maximum absolute atomic E-state index is 13.1. The first-order chi connectivity index (χ1) is 9.85. The Kier molecular flexibility index (Phi) is 4.24. The van der Waals surface area contributed by atoms with Crippen LogP contribution in [0, 0.1) is 11.6 Å². The zero-order valence-corrected chi connectivity index (χ0v) is 12.2. The minimum Gasteiger partial charge on any atom is -0.465 e. The molecule has 0 aliphatic heterocycles. The summed E-state index contributed by atoms with van der Waals surface area (Å²) in [7, 11) is -2.99. The number of anilines is 1. The van der Waals surface area contributed by atoms with E-state index >= 15 is 0 Å². The molecule has 0 saturated heterocycles. The highest BCUT2D eigenvalue weighted by Crippen LogP contribution is 2.25. The fourth-order valence-corrected chi connectivity index (χ4v) is 3.91. The van der Waals surface area contributed by atoms with Crippen LogP contribution in [0.3, 0.4) is 0 Å². The molecule has 2 aromatic rings. The summed E-state index contributed by atoms with van der Waals surface area (Å²) in [6.45, 7) is 0. The Morgan fingerprint density at radius 2 is 1.95 bits per heavy atom. The Morgan fingerprint density at radius 1 is 1.24 bits per heavy atom. The van der Waals surface area contributed by atoms with Gasteiger partial charge in [-0.2, -0.15) is 0 Å². The van der Waals surface area contributed by atoms with E-state index in [2.05, 4.69) is 9.46 Å². The van der Waals surface area contributed by atoms with E-state index in [1.807, 2.05) is 0 Å². The maximum atomic E-state index is 13.1. The van der Waals surface area contributed by atoms with Gasteiger partial charge in [-0.1, -0.05) is 0 Å². The smallest absolute Gasteiger partial charge is 0.349 e. The zero-order chi connectivity index (χ0) is 15.6. The first-order valence-corrected chi connectivity index (χ1v) is 7.85. The zero-order valence-electron chi connectivity index (χ0n) is 10.6. The van der Waals surface area contributed by atoms with Crippen LogP contribution in [0.4, 0.5) is 14.5 Å². The van der Waals surface area contributed by atoms with Crippen LogP contribution in [0.15, 0.2) is 34.5 Å². The van der Waals surface area contributed by atoms with Crippen molar-refractivity contribution in [1.82, 2.24) is 0 Å². The molecule has 0 atom stereocenters. The number of carbonyl (C=O) groups excluding carboxylic acids is 1. The molecule has 21 heavy (non-hydrogen) atoms. The summed E-state index contributed by atoms with van der Waals surface area (Å²) in [5.74, 6) is -3.08. The lowest BCUT2D eigenvalue weighted by atomic mass is 10.3. The Labute approximate surface area is 123 Å². The van der Waals surface area contributed by atoms with Crippen LogP contribution in [0.2, 0.25) is 0 Å². The number of rotatable bonds is 4. The van der Waals surface area contributed by atoms with E-state index in [4.69, 9.17) is 0 Å². The summed E-state index contributed by atoms with van der Waals surface area (Å²) < 4.78 is 56.8. The fourth-order valence-electron chi connectivity index (χ4n) is 1.52. The average molecular weight is 333 g/mol. The summed E-state index contributed by atoms with van der Waals surface area (Å²) in [5.41, 5.74) is -0.157. The van der Waals surface area contributed by atoms with Gasteiger partial charge in [0.25, 0.3) is 10.0 Å². The predicted octanol–water partition coefficient (Wildman–Crippen LogP) is 2.61. The van der Waals surface area contributed by atoms with Crippen molar-refractivity contribution in [1.29, 1.82) is 0 Å². The number of sulfonamides is 1. The van der Waals surface area contributed by atoms with Gasteiger partial charge in [-0.15, -0.1) is 11.3 Å². The van der Waals surface area contributed by atoms with Gasteiger partial charge in [0.05, 0.1) is 12.8 Å². The van der Waals surface area contributed by atoms with Gasteiger partial charge in [0.1, 0.15) is 9.77 Å². The molecular weight excluding hydrogens is 324 g/mol. The maximum Gasteiger partial charge on any atom is 0.349 e. The number of hydrogen-bond donors (Lipinski definition) is 1. The summed E-state index contributed by atoms with van der Waals surface area (Å²) in [6.07, 6.45) is 0. The molecule has 1 N–H and O–H groups in total. The molecule has 1 aromatic carbocycles. The van der Waals surface area contributed by atoms with Crippen LogP contribution in [-0.2, 0) is 14.8 Å². The van der Waals surface area contributed by atoms with Crippen molar-refractivity contribution in [3.63, 3.8) is 0 Å². The quantitative estimate of drug-likeness (QED) is 0.873. The third kappa shape index (κ3) is 3.19. The van der Waals surface area contributed by atoms with Crippen LogP contribution >= 0.6 is 11.3 Å². The normalized spacial score (nSPS) is 11.2. The Morgan fingerprint density at radius 3 is 2.57 bits per heavy atom. The van der Waals surface area contributed by atoms with E-state index in [1.165, 1.54) is 11.4 Å². The van der Waals surface area contributed by atoms with Crippen molar-refractivity contribution in [2.75, 3.05) is 11.8 Å². The van der Waals surface area contributed by atoms with Gasteiger partial charge in [0.15, 0.2) is 11.6 Å². The lowest BCUT2D eigenvalue weighted by Gasteiger charge is -2.08. The van der Waals surface area contributed by atoms with E-state index in [-0.39, 0.29) is 15.5 Å².